The highest BCUT2D eigenvalue weighted by atomic mass is 79.9. The maximum Gasteiger partial charge on any atom is 0.0174 e. The smallest absolute Gasteiger partial charge is 0.0174 e. The van der Waals surface area contributed by atoms with Crippen LogP contribution in [-0.4, -0.2) is 16.8 Å². The van der Waals surface area contributed by atoms with Crippen molar-refractivity contribution in [3.63, 3.8) is 0 Å². The molecule has 0 aromatic rings. The third-order valence-corrected chi connectivity index (χ3v) is 4.36. The SMILES string of the molecule is CSCCC1CCCCC1Br. The first kappa shape index (κ1) is 9.91. The number of thioether (sulfide) groups is 1. The fourth-order valence-corrected chi connectivity index (χ4v) is 3.15. The number of hydrogen-bond donors (Lipinski definition) is 0. The molecule has 0 heterocycles. The van der Waals surface area contributed by atoms with Gasteiger partial charge in [0, 0.05) is 4.83 Å². The average molecular weight is 237 g/mol. The Bertz CT molecular complexity index is 106. The molecule has 0 aliphatic heterocycles. The van der Waals surface area contributed by atoms with Gasteiger partial charge in [-0.15, -0.1) is 0 Å². The van der Waals surface area contributed by atoms with Crippen molar-refractivity contribution in [2.45, 2.75) is 36.9 Å². The molecule has 1 rings (SSSR count). The van der Waals surface area contributed by atoms with E-state index >= 15 is 0 Å². The molecular formula is C9H17BrS. The van der Waals surface area contributed by atoms with Crippen LogP contribution in [0.1, 0.15) is 32.1 Å². The van der Waals surface area contributed by atoms with E-state index in [4.69, 9.17) is 0 Å². The fourth-order valence-electron chi connectivity index (χ4n) is 1.76. The summed E-state index contributed by atoms with van der Waals surface area (Å²) < 4.78 is 0. The van der Waals surface area contributed by atoms with Gasteiger partial charge in [-0.2, -0.15) is 11.8 Å². The molecule has 0 aromatic carbocycles. The van der Waals surface area contributed by atoms with E-state index in [0.29, 0.717) is 0 Å². The molecule has 0 radical (unpaired) electrons. The number of hydrogen-bond acceptors (Lipinski definition) is 1. The Morgan fingerprint density at radius 1 is 1.36 bits per heavy atom. The second-order valence-corrected chi connectivity index (χ2v) is 5.50. The molecule has 0 bridgehead atoms. The second-order valence-electron chi connectivity index (χ2n) is 3.34. The lowest BCUT2D eigenvalue weighted by molar-refractivity contribution is 0.368. The maximum atomic E-state index is 3.78. The Morgan fingerprint density at radius 2 is 2.09 bits per heavy atom. The van der Waals surface area contributed by atoms with Crippen molar-refractivity contribution in [3.8, 4) is 0 Å². The normalized spacial score (nSPS) is 32.2. The van der Waals surface area contributed by atoms with Gasteiger partial charge in [0.2, 0.25) is 0 Å². The van der Waals surface area contributed by atoms with Crippen molar-refractivity contribution in [2.75, 3.05) is 12.0 Å². The van der Waals surface area contributed by atoms with E-state index in [1.165, 1.54) is 37.9 Å². The Hall–Kier alpha value is 0.830. The molecule has 2 unspecified atom stereocenters. The largest absolute Gasteiger partial charge is 0.165 e. The van der Waals surface area contributed by atoms with Crippen molar-refractivity contribution in [1.82, 2.24) is 0 Å². The van der Waals surface area contributed by atoms with E-state index in [-0.39, 0.29) is 0 Å². The molecule has 0 N–H and O–H groups in total. The van der Waals surface area contributed by atoms with E-state index in [9.17, 15) is 0 Å². The van der Waals surface area contributed by atoms with Crippen molar-refractivity contribution in [1.29, 1.82) is 0 Å². The van der Waals surface area contributed by atoms with E-state index in [2.05, 4.69) is 22.2 Å². The van der Waals surface area contributed by atoms with Gasteiger partial charge in [-0.25, -0.2) is 0 Å². The van der Waals surface area contributed by atoms with Gasteiger partial charge in [-0.3, -0.25) is 0 Å². The van der Waals surface area contributed by atoms with Crippen LogP contribution in [0.2, 0.25) is 0 Å². The third kappa shape index (κ3) is 3.37. The third-order valence-electron chi connectivity index (χ3n) is 2.51. The highest BCUT2D eigenvalue weighted by molar-refractivity contribution is 9.09. The van der Waals surface area contributed by atoms with Crippen LogP contribution in [0, 0.1) is 5.92 Å². The minimum absolute atomic E-state index is 0.823. The molecular weight excluding hydrogens is 220 g/mol. The lowest BCUT2D eigenvalue weighted by atomic mass is 9.87. The average Bonchev–Trinajstić information content (AvgIpc) is 2.03. The molecule has 0 spiro atoms. The molecule has 1 aliphatic rings. The summed E-state index contributed by atoms with van der Waals surface area (Å²) in [6.07, 6.45) is 9.37. The molecule has 0 aromatic heterocycles. The van der Waals surface area contributed by atoms with Crippen LogP contribution in [0.4, 0.5) is 0 Å². The van der Waals surface area contributed by atoms with E-state index < -0.39 is 0 Å². The zero-order chi connectivity index (χ0) is 8.10. The summed E-state index contributed by atoms with van der Waals surface area (Å²) in [5.41, 5.74) is 0. The minimum Gasteiger partial charge on any atom is -0.165 e. The van der Waals surface area contributed by atoms with Gasteiger partial charge in [-0.05, 0) is 37.2 Å². The summed E-state index contributed by atoms with van der Waals surface area (Å²) in [4.78, 5) is 0.823. The summed E-state index contributed by atoms with van der Waals surface area (Å²) in [6, 6.07) is 0. The first-order valence-corrected chi connectivity index (χ1v) is 6.78. The van der Waals surface area contributed by atoms with E-state index in [1.807, 2.05) is 11.8 Å². The molecule has 1 aliphatic carbocycles. The van der Waals surface area contributed by atoms with Crippen molar-refractivity contribution in [2.24, 2.45) is 5.92 Å². The van der Waals surface area contributed by atoms with Gasteiger partial charge in [0.15, 0.2) is 0 Å². The molecule has 1 fully saturated rings. The molecule has 0 nitrogen and oxygen atoms in total. The predicted octanol–water partition coefficient (Wildman–Crippen LogP) is 3.69. The molecule has 2 heteroatoms. The van der Waals surface area contributed by atoms with Gasteiger partial charge in [-0.1, -0.05) is 28.8 Å². The Balaban J connectivity index is 2.18. The second kappa shape index (κ2) is 5.47. The van der Waals surface area contributed by atoms with E-state index in [1.54, 1.807) is 0 Å². The molecule has 0 saturated heterocycles. The van der Waals surface area contributed by atoms with Gasteiger partial charge >= 0.3 is 0 Å². The van der Waals surface area contributed by atoms with Gasteiger partial charge in [0.25, 0.3) is 0 Å². The van der Waals surface area contributed by atoms with Crippen LogP contribution >= 0.6 is 27.7 Å². The topological polar surface area (TPSA) is 0 Å². The fraction of sp³-hybridized carbons (Fsp3) is 1.00. The molecule has 11 heavy (non-hydrogen) atoms. The highest BCUT2D eigenvalue weighted by Gasteiger charge is 2.21. The highest BCUT2D eigenvalue weighted by Crippen LogP contribution is 2.32. The van der Waals surface area contributed by atoms with Crippen molar-refractivity contribution >= 4 is 27.7 Å². The van der Waals surface area contributed by atoms with Crippen LogP contribution in [0.25, 0.3) is 0 Å². The monoisotopic (exact) mass is 236 g/mol. The molecule has 1 saturated carbocycles. The van der Waals surface area contributed by atoms with Gasteiger partial charge in [0.05, 0.1) is 0 Å². The quantitative estimate of drug-likeness (QED) is 0.674. The zero-order valence-electron chi connectivity index (χ0n) is 7.18. The summed E-state index contributed by atoms with van der Waals surface area (Å²) in [6.45, 7) is 0. The standard InChI is InChI=1S/C9H17BrS/c1-11-7-6-8-4-2-3-5-9(8)10/h8-9H,2-7H2,1H3. The Morgan fingerprint density at radius 3 is 2.73 bits per heavy atom. The van der Waals surface area contributed by atoms with Gasteiger partial charge < -0.3 is 0 Å². The number of halogens is 1. The lowest BCUT2D eigenvalue weighted by Gasteiger charge is -2.26. The van der Waals surface area contributed by atoms with Crippen LogP contribution in [0.5, 0.6) is 0 Å². The summed E-state index contributed by atoms with van der Waals surface area (Å²) >= 11 is 5.75. The summed E-state index contributed by atoms with van der Waals surface area (Å²) in [5, 5.41) is 0. The van der Waals surface area contributed by atoms with E-state index in [0.717, 1.165) is 10.7 Å². The van der Waals surface area contributed by atoms with Gasteiger partial charge in [0.1, 0.15) is 0 Å². The van der Waals surface area contributed by atoms with Crippen LogP contribution < -0.4 is 0 Å². The number of alkyl halides is 1. The predicted molar refractivity (Wildman–Crippen MR) is 57.7 cm³/mol. The van der Waals surface area contributed by atoms with Crippen molar-refractivity contribution in [3.05, 3.63) is 0 Å². The molecule has 66 valence electrons. The zero-order valence-corrected chi connectivity index (χ0v) is 9.59. The first-order valence-electron chi connectivity index (χ1n) is 4.47. The Kier molecular flexibility index (Phi) is 4.93. The van der Waals surface area contributed by atoms with Crippen LogP contribution in [0.3, 0.4) is 0 Å². The summed E-state index contributed by atoms with van der Waals surface area (Å²) in [5.74, 6) is 2.31. The van der Waals surface area contributed by atoms with Crippen molar-refractivity contribution < 1.29 is 0 Å². The minimum atomic E-state index is 0.823. The Labute approximate surface area is 82.6 Å². The molecule has 2 atom stereocenters. The lowest BCUT2D eigenvalue weighted by Crippen LogP contribution is -2.19. The van der Waals surface area contributed by atoms with Crippen LogP contribution in [-0.2, 0) is 0 Å². The molecule has 0 amide bonds. The first-order chi connectivity index (χ1) is 5.34. The maximum absolute atomic E-state index is 3.78. The van der Waals surface area contributed by atoms with Crippen LogP contribution in [0.15, 0.2) is 0 Å². The summed E-state index contributed by atoms with van der Waals surface area (Å²) in [7, 11) is 0. The number of rotatable bonds is 3.